The maximum atomic E-state index is 9.90. The van der Waals surface area contributed by atoms with Gasteiger partial charge in [0.1, 0.15) is 11.9 Å². The van der Waals surface area contributed by atoms with Crippen molar-refractivity contribution < 1.29 is 14.6 Å². The second-order valence-corrected chi connectivity index (χ2v) is 4.49. The van der Waals surface area contributed by atoms with Crippen LogP contribution in [0.3, 0.4) is 0 Å². The Morgan fingerprint density at radius 3 is 3.18 bits per heavy atom. The number of aromatic hydroxyl groups is 1. The Balaban J connectivity index is 2.00. The molecule has 1 aliphatic carbocycles. The molecule has 90 valence electrons. The zero-order valence-corrected chi connectivity index (χ0v) is 9.85. The fourth-order valence-electron chi connectivity index (χ4n) is 2.63. The molecule has 2 atom stereocenters. The molecule has 1 aliphatic heterocycles. The van der Waals surface area contributed by atoms with E-state index >= 15 is 0 Å². The number of phenolic OH excluding ortho intramolecular Hbond substituents is 1. The topological polar surface area (TPSA) is 38.7 Å². The van der Waals surface area contributed by atoms with Crippen molar-refractivity contribution in [2.75, 3.05) is 6.61 Å². The fourth-order valence-corrected chi connectivity index (χ4v) is 2.63. The molecule has 1 heterocycles. The summed E-state index contributed by atoms with van der Waals surface area (Å²) < 4.78 is 11.2. The number of hydrogen-bond donors (Lipinski definition) is 1. The lowest BCUT2D eigenvalue weighted by Gasteiger charge is -2.18. The van der Waals surface area contributed by atoms with Crippen LogP contribution in [0.15, 0.2) is 24.3 Å². The number of fused-ring (bicyclic) bond motifs is 3. The highest BCUT2D eigenvalue weighted by Crippen LogP contribution is 2.47. The number of benzene rings is 1. The Bertz CT molecular complexity index is 465. The van der Waals surface area contributed by atoms with Crippen LogP contribution in [-0.2, 0) is 0 Å². The predicted molar refractivity (Wildman–Crippen MR) is 64.8 cm³/mol. The highest BCUT2D eigenvalue weighted by molar-refractivity contribution is 5.54. The molecule has 0 radical (unpaired) electrons. The molecule has 1 N–H and O–H groups in total. The van der Waals surface area contributed by atoms with Crippen molar-refractivity contribution >= 4 is 0 Å². The first-order valence-corrected chi connectivity index (χ1v) is 6.12. The summed E-state index contributed by atoms with van der Waals surface area (Å²) >= 11 is 0. The Labute approximate surface area is 101 Å². The van der Waals surface area contributed by atoms with Gasteiger partial charge in [-0.25, -0.2) is 0 Å². The van der Waals surface area contributed by atoms with Crippen LogP contribution < -0.4 is 9.47 Å². The third kappa shape index (κ3) is 1.66. The number of hydrogen-bond acceptors (Lipinski definition) is 3. The standard InChI is InChI=1S/C14H16O3/c1-2-16-14-8-13-10(7-11(14)15)9-5-3-4-6-12(9)17-13/h4,6-9,12,15H,2-3,5H2,1H3/t9-,12-/m0/s1. The van der Waals surface area contributed by atoms with E-state index in [0.717, 1.165) is 24.2 Å². The minimum Gasteiger partial charge on any atom is -0.504 e. The molecule has 0 bridgehead atoms. The Morgan fingerprint density at radius 2 is 2.35 bits per heavy atom. The van der Waals surface area contributed by atoms with Crippen LogP contribution in [0.4, 0.5) is 0 Å². The van der Waals surface area contributed by atoms with Gasteiger partial charge in [-0.15, -0.1) is 0 Å². The van der Waals surface area contributed by atoms with Crippen molar-refractivity contribution in [1.82, 2.24) is 0 Å². The first kappa shape index (κ1) is 10.5. The van der Waals surface area contributed by atoms with Crippen molar-refractivity contribution in [3.05, 3.63) is 29.8 Å². The van der Waals surface area contributed by atoms with Gasteiger partial charge in [0.2, 0.25) is 0 Å². The molecular weight excluding hydrogens is 216 g/mol. The van der Waals surface area contributed by atoms with E-state index in [1.807, 2.05) is 6.92 Å². The summed E-state index contributed by atoms with van der Waals surface area (Å²) in [6, 6.07) is 3.60. The molecule has 0 saturated carbocycles. The summed E-state index contributed by atoms with van der Waals surface area (Å²) in [4.78, 5) is 0. The first-order valence-electron chi connectivity index (χ1n) is 6.12. The molecule has 0 saturated heterocycles. The molecule has 0 unspecified atom stereocenters. The summed E-state index contributed by atoms with van der Waals surface area (Å²) in [6.07, 6.45) is 6.58. The van der Waals surface area contributed by atoms with E-state index in [2.05, 4.69) is 12.2 Å². The quantitative estimate of drug-likeness (QED) is 0.797. The molecule has 0 amide bonds. The molecule has 3 heteroatoms. The van der Waals surface area contributed by atoms with Crippen molar-refractivity contribution in [3.8, 4) is 17.2 Å². The Hall–Kier alpha value is -1.64. The van der Waals surface area contributed by atoms with Crippen molar-refractivity contribution in [1.29, 1.82) is 0 Å². The van der Waals surface area contributed by atoms with Gasteiger partial charge in [0, 0.05) is 17.5 Å². The van der Waals surface area contributed by atoms with E-state index in [1.54, 1.807) is 12.1 Å². The number of rotatable bonds is 2. The van der Waals surface area contributed by atoms with Crippen LogP contribution >= 0.6 is 0 Å². The van der Waals surface area contributed by atoms with Crippen molar-refractivity contribution in [2.24, 2.45) is 0 Å². The Kier molecular flexibility index (Phi) is 2.46. The van der Waals surface area contributed by atoms with Crippen LogP contribution in [0.5, 0.6) is 17.2 Å². The van der Waals surface area contributed by atoms with E-state index in [-0.39, 0.29) is 11.9 Å². The smallest absolute Gasteiger partial charge is 0.164 e. The molecule has 0 spiro atoms. The van der Waals surface area contributed by atoms with Gasteiger partial charge in [-0.2, -0.15) is 0 Å². The molecule has 1 aromatic rings. The lowest BCUT2D eigenvalue weighted by atomic mass is 9.87. The summed E-state index contributed by atoms with van der Waals surface area (Å²) in [6.45, 7) is 2.44. The van der Waals surface area contributed by atoms with Gasteiger partial charge in [-0.1, -0.05) is 6.08 Å². The lowest BCUT2D eigenvalue weighted by molar-refractivity contribution is 0.243. The SMILES string of the molecule is CCOc1cc2c(cc1O)[C@@H]1CCC=C[C@@H]1O2. The van der Waals surface area contributed by atoms with Crippen LogP contribution in [0.25, 0.3) is 0 Å². The van der Waals surface area contributed by atoms with Crippen molar-refractivity contribution in [3.63, 3.8) is 0 Å². The third-order valence-electron chi connectivity index (χ3n) is 3.42. The fraction of sp³-hybridized carbons (Fsp3) is 0.429. The van der Waals surface area contributed by atoms with Gasteiger partial charge < -0.3 is 14.6 Å². The lowest BCUT2D eigenvalue weighted by Crippen LogP contribution is -2.18. The average molecular weight is 232 g/mol. The predicted octanol–water partition coefficient (Wildman–Crippen LogP) is 2.99. The van der Waals surface area contributed by atoms with E-state index in [1.165, 1.54) is 0 Å². The van der Waals surface area contributed by atoms with E-state index in [9.17, 15) is 5.11 Å². The number of phenols is 1. The van der Waals surface area contributed by atoms with Crippen molar-refractivity contribution in [2.45, 2.75) is 31.8 Å². The minimum atomic E-state index is 0.134. The summed E-state index contributed by atoms with van der Waals surface area (Å²) in [7, 11) is 0. The molecule has 3 nitrogen and oxygen atoms in total. The monoisotopic (exact) mass is 232 g/mol. The molecule has 17 heavy (non-hydrogen) atoms. The third-order valence-corrected chi connectivity index (χ3v) is 3.42. The molecule has 0 fully saturated rings. The van der Waals surface area contributed by atoms with Gasteiger partial charge in [0.25, 0.3) is 0 Å². The molecular formula is C14H16O3. The molecule has 3 rings (SSSR count). The number of ether oxygens (including phenoxy) is 2. The normalized spacial score (nSPS) is 25.0. The average Bonchev–Trinajstić information content (AvgIpc) is 2.68. The van der Waals surface area contributed by atoms with Gasteiger partial charge in [0.05, 0.1) is 6.61 Å². The second kappa shape index (κ2) is 3.99. The maximum absolute atomic E-state index is 9.90. The van der Waals surface area contributed by atoms with Crippen LogP contribution in [0.1, 0.15) is 31.2 Å². The van der Waals surface area contributed by atoms with Gasteiger partial charge in [0.15, 0.2) is 11.5 Å². The van der Waals surface area contributed by atoms with Crippen LogP contribution in [0.2, 0.25) is 0 Å². The van der Waals surface area contributed by atoms with E-state index < -0.39 is 0 Å². The summed E-state index contributed by atoms with van der Waals surface area (Å²) in [5, 5.41) is 9.90. The number of allylic oxidation sites excluding steroid dienone is 1. The Morgan fingerprint density at radius 1 is 1.47 bits per heavy atom. The second-order valence-electron chi connectivity index (χ2n) is 4.49. The summed E-state index contributed by atoms with van der Waals surface area (Å²) in [5.41, 5.74) is 1.11. The highest BCUT2D eigenvalue weighted by atomic mass is 16.5. The zero-order valence-electron chi connectivity index (χ0n) is 9.85. The van der Waals surface area contributed by atoms with E-state index in [4.69, 9.17) is 9.47 Å². The molecule has 2 aliphatic rings. The van der Waals surface area contributed by atoms with Crippen LogP contribution in [0, 0.1) is 0 Å². The van der Waals surface area contributed by atoms with Crippen LogP contribution in [-0.4, -0.2) is 17.8 Å². The van der Waals surface area contributed by atoms with Gasteiger partial charge in [-0.3, -0.25) is 0 Å². The minimum absolute atomic E-state index is 0.134. The molecule has 1 aromatic carbocycles. The zero-order chi connectivity index (χ0) is 11.8. The largest absolute Gasteiger partial charge is 0.504 e. The highest BCUT2D eigenvalue weighted by Gasteiger charge is 2.34. The van der Waals surface area contributed by atoms with E-state index in [0.29, 0.717) is 18.3 Å². The van der Waals surface area contributed by atoms with Gasteiger partial charge >= 0.3 is 0 Å². The van der Waals surface area contributed by atoms with Gasteiger partial charge in [-0.05, 0) is 31.9 Å². The first-order chi connectivity index (χ1) is 8.29. The maximum Gasteiger partial charge on any atom is 0.164 e. The molecule has 0 aromatic heterocycles. The summed E-state index contributed by atoms with van der Waals surface area (Å²) in [5.74, 6) is 1.96.